The molecule has 9 nitrogen and oxygen atoms in total. The van der Waals surface area contributed by atoms with Crippen LogP contribution in [0.15, 0.2) is 10.9 Å². The molecule has 2 aliphatic heterocycles. The Labute approximate surface area is 216 Å². The Balaban J connectivity index is 2.14. The van der Waals surface area contributed by atoms with Gasteiger partial charge in [0.25, 0.3) is 5.56 Å². The van der Waals surface area contributed by atoms with Crippen LogP contribution in [-0.2, 0) is 25.1 Å². The number of amides is 1. The van der Waals surface area contributed by atoms with Gasteiger partial charge in [-0.25, -0.2) is 4.79 Å². The molecule has 0 aromatic carbocycles. The number of H-pyrrole nitrogens is 1. The van der Waals surface area contributed by atoms with Crippen molar-refractivity contribution >= 4 is 20.2 Å². The van der Waals surface area contributed by atoms with Crippen molar-refractivity contribution in [3.05, 3.63) is 27.5 Å². The van der Waals surface area contributed by atoms with E-state index in [1.807, 2.05) is 41.5 Å². The molecule has 1 aromatic heterocycles. The number of aromatic amines is 1. The fraction of sp³-hybridized carbons (Fsp3) is 0.769. The second-order valence-corrected chi connectivity index (χ2v) is 17.7. The number of nitrogens with two attached hydrogens (primary N) is 1. The van der Waals surface area contributed by atoms with E-state index in [1.54, 1.807) is 11.0 Å². The lowest BCUT2D eigenvalue weighted by Gasteiger charge is -2.40. The first-order valence-electron chi connectivity index (χ1n) is 12.8. The van der Waals surface area contributed by atoms with Gasteiger partial charge < -0.3 is 29.4 Å². The van der Waals surface area contributed by atoms with Gasteiger partial charge in [0.15, 0.2) is 14.1 Å². The van der Waals surface area contributed by atoms with Gasteiger partial charge >= 0.3 is 6.09 Å². The Kier molecular flexibility index (Phi) is 7.53. The molecule has 2 saturated heterocycles. The minimum atomic E-state index is -2.16. The fourth-order valence-corrected chi connectivity index (χ4v) is 5.60. The number of nitrogens with zero attached hydrogens (tertiary/aromatic N) is 1. The van der Waals surface area contributed by atoms with Crippen LogP contribution in [0.1, 0.15) is 79.5 Å². The van der Waals surface area contributed by atoms with Gasteiger partial charge in [0.05, 0.1) is 18.7 Å². The van der Waals surface area contributed by atoms with Crippen molar-refractivity contribution in [2.75, 3.05) is 12.3 Å². The number of carbonyl (C=O) groups excluding carboxylic acids is 1. The molecule has 3 rings (SSSR count). The molecule has 0 bridgehead atoms. The van der Waals surface area contributed by atoms with Crippen LogP contribution in [0.4, 0.5) is 10.6 Å². The summed E-state index contributed by atoms with van der Waals surface area (Å²) in [4.78, 5) is 31.3. The standard InChI is InChI=1S/C26H45N3O6Si/c1-12-15-13-16(22(30)28-21(15)27)18-20-19(33-26(8,9)34-20)17(14-32-36(10,11)25(5,6)7)29(18)23(31)35-24(2,3)4/h13,17-20H,12,14H2,1-11H3,(H3,27,28,30)/t17-,18?,19-,20+/m1/s1. The second kappa shape index (κ2) is 9.45. The third-order valence-electron chi connectivity index (χ3n) is 7.42. The highest BCUT2D eigenvalue weighted by Gasteiger charge is 2.61. The van der Waals surface area contributed by atoms with Crippen LogP contribution in [-0.4, -0.2) is 60.5 Å². The van der Waals surface area contributed by atoms with Crippen LogP contribution in [0.2, 0.25) is 18.1 Å². The molecule has 0 spiro atoms. The third-order valence-corrected chi connectivity index (χ3v) is 11.9. The normalized spacial score (nSPS) is 26.2. The van der Waals surface area contributed by atoms with Gasteiger partial charge in [0.2, 0.25) is 0 Å². The summed E-state index contributed by atoms with van der Waals surface area (Å²) < 4.78 is 25.1. The molecule has 0 aliphatic carbocycles. The number of rotatable bonds is 5. The van der Waals surface area contributed by atoms with E-state index in [-0.39, 0.29) is 17.2 Å². The molecule has 0 saturated carbocycles. The summed E-state index contributed by atoms with van der Waals surface area (Å²) in [7, 11) is -2.16. The van der Waals surface area contributed by atoms with Crippen molar-refractivity contribution in [1.29, 1.82) is 0 Å². The summed E-state index contributed by atoms with van der Waals surface area (Å²) in [5.41, 5.74) is 6.17. The maximum absolute atomic E-state index is 13.7. The number of ether oxygens (including phenoxy) is 3. The summed E-state index contributed by atoms with van der Waals surface area (Å²) in [6.45, 7) is 22.2. The number of aryl methyl sites for hydroxylation is 1. The van der Waals surface area contributed by atoms with E-state index >= 15 is 0 Å². The van der Waals surface area contributed by atoms with Gasteiger partial charge in [-0.05, 0) is 70.8 Å². The van der Waals surface area contributed by atoms with Gasteiger partial charge in [0.1, 0.15) is 23.6 Å². The van der Waals surface area contributed by atoms with Crippen molar-refractivity contribution < 1.29 is 23.4 Å². The first kappa shape index (κ1) is 28.7. The topological polar surface area (TPSA) is 116 Å². The summed E-state index contributed by atoms with van der Waals surface area (Å²) in [6.07, 6.45) is -0.979. The molecular weight excluding hydrogens is 478 g/mol. The number of nitrogen functional groups attached to an aromatic ring is 1. The summed E-state index contributed by atoms with van der Waals surface area (Å²) in [5, 5.41) is -0.0163. The summed E-state index contributed by atoms with van der Waals surface area (Å²) in [5.74, 6) is -0.553. The average Bonchev–Trinajstić information content (AvgIpc) is 3.14. The van der Waals surface area contributed by atoms with Crippen molar-refractivity contribution in [3.8, 4) is 0 Å². The molecule has 36 heavy (non-hydrogen) atoms. The first-order chi connectivity index (χ1) is 16.3. The van der Waals surface area contributed by atoms with Crippen molar-refractivity contribution in [3.63, 3.8) is 0 Å². The lowest BCUT2D eigenvalue weighted by Crippen LogP contribution is -2.51. The Hall–Kier alpha value is -1.88. The van der Waals surface area contributed by atoms with Crippen LogP contribution >= 0.6 is 0 Å². The third kappa shape index (κ3) is 5.66. The van der Waals surface area contributed by atoms with Gasteiger partial charge in [-0.3, -0.25) is 9.69 Å². The Morgan fingerprint density at radius 1 is 1.17 bits per heavy atom. The summed E-state index contributed by atoms with van der Waals surface area (Å²) >= 11 is 0. The lowest BCUT2D eigenvalue weighted by atomic mass is 10.00. The monoisotopic (exact) mass is 523 g/mol. The van der Waals surface area contributed by atoms with E-state index in [1.165, 1.54) is 0 Å². The predicted octanol–water partition coefficient (Wildman–Crippen LogP) is 4.72. The highest BCUT2D eigenvalue weighted by Crippen LogP contribution is 2.48. The molecule has 204 valence electrons. The van der Waals surface area contributed by atoms with Crippen molar-refractivity contribution in [1.82, 2.24) is 9.88 Å². The number of carbonyl (C=O) groups is 1. The SMILES string of the molecule is CCc1cc(C2[C@@H]3OC(C)(C)O[C@@H]3[C@@H](CO[Si](C)(C)C(C)(C)C)N2C(=O)OC(C)(C)C)c(=O)[nH]c1N. The van der Waals surface area contributed by atoms with E-state index in [0.717, 1.165) is 5.56 Å². The molecule has 1 amide bonds. The number of likely N-dealkylation sites (tertiary alicyclic amines) is 1. The second-order valence-electron chi connectivity index (χ2n) is 12.9. The Bertz CT molecular complexity index is 1040. The summed E-state index contributed by atoms with van der Waals surface area (Å²) in [6, 6.07) is 0.543. The van der Waals surface area contributed by atoms with Crippen LogP contribution in [0.25, 0.3) is 0 Å². The molecule has 1 unspecified atom stereocenters. The molecule has 2 fully saturated rings. The zero-order valence-corrected chi connectivity index (χ0v) is 24.8. The molecule has 3 N–H and O–H groups in total. The van der Waals surface area contributed by atoms with Crippen LogP contribution in [0.5, 0.6) is 0 Å². The molecule has 2 aliphatic rings. The Morgan fingerprint density at radius 2 is 1.75 bits per heavy atom. The number of hydrogen-bond acceptors (Lipinski definition) is 7. The average molecular weight is 524 g/mol. The van der Waals surface area contributed by atoms with E-state index in [9.17, 15) is 9.59 Å². The van der Waals surface area contributed by atoms with Gasteiger partial charge in [0, 0.05) is 5.56 Å². The van der Waals surface area contributed by atoms with E-state index in [0.29, 0.717) is 17.8 Å². The minimum absolute atomic E-state index is 0.0163. The number of pyridine rings is 1. The fourth-order valence-electron chi connectivity index (χ4n) is 4.58. The molecule has 10 heteroatoms. The number of hydrogen-bond donors (Lipinski definition) is 2. The van der Waals surface area contributed by atoms with Crippen molar-refractivity contribution in [2.24, 2.45) is 0 Å². The lowest BCUT2D eigenvalue weighted by molar-refractivity contribution is -0.168. The van der Waals surface area contributed by atoms with Crippen LogP contribution in [0.3, 0.4) is 0 Å². The smallest absolute Gasteiger partial charge is 0.411 e. The number of aromatic nitrogens is 1. The molecule has 3 heterocycles. The molecule has 0 radical (unpaired) electrons. The highest BCUT2D eigenvalue weighted by molar-refractivity contribution is 6.74. The maximum Gasteiger partial charge on any atom is 0.411 e. The molecule has 1 aromatic rings. The zero-order chi connectivity index (χ0) is 27.4. The predicted molar refractivity (Wildman–Crippen MR) is 142 cm³/mol. The zero-order valence-electron chi connectivity index (χ0n) is 23.8. The largest absolute Gasteiger partial charge is 0.444 e. The van der Waals surface area contributed by atoms with Crippen molar-refractivity contribution in [2.45, 2.75) is 123 Å². The number of fused-ring (bicyclic) bond motifs is 1. The highest BCUT2D eigenvalue weighted by atomic mass is 28.4. The minimum Gasteiger partial charge on any atom is -0.444 e. The Morgan fingerprint density at radius 3 is 2.28 bits per heavy atom. The number of anilines is 1. The van der Waals surface area contributed by atoms with Gasteiger partial charge in [-0.2, -0.15) is 0 Å². The van der Waals surface area contributed by atoms with E-state index in [2.05, 4.69) is 38.8 Å². The quantitative estimate of drug-likeness (QED) is 0.536. The van der Waals surface area contributed by atoms with Gasteiger partial charge in [-0.1, -0.05) is 27.7 Å². The maximum atomic E-state index is 13.7. The molecule has 4 atom stereocenters. The first-order valence-corrected chi connectivity index (χ1v) is 15.7. The van der Waals surface area contributed by atoms with E-state index < -0.39 is 50.1 Å². The van der Waals surface area contributed by atoms with Crippen LogP contribution < -0.4 is 11.3 Å². The van der Waals surface area contributed by atoms with Gasteiger partial charge in [-0.15, -0.1) is 0 Å². The number of nitrogens with one attached hydrogen (secondary N) is 1. The van der Waals surface area contributed by atoms with E-state index in [4.69, 9.17) is 24.4 Å². The molecular formula is C26H45N3O6Si. The van der Waals surface area contributed by atoms with Crippen LogP contribution in [0, 0.1) is 0 Å².